The number of aldehydes is 1. The highest BCUT2D eigenvalue weighted by Crippen LogP contribution is 2.48. The zero-order valence-corrected chi connectivity index (χ0v) is 18.6. The Morgan fingerprint density at radius 3 is 2.54 bits per heavy atom. The third-order valence-corrected chi connectivity index (χ3v) is 8.31. The molecule has 1 heterocycles. The first-order valence-electron chi connectivity index (χ1n) is 12.5. The van der Waals surface area contributed by atoms with Crippen molar-refractivity contribution in [3.05, 3.63) is 0 Å². The van der Waals surface area contributed by atoms with Gasteiger partial charge in [-0.15, -0.1) is 0 Å². The topological polar surface area (TPSA) is 29.5 Å². The van der Waals surface area contributed by atoms with E-state index in [9.17, 15) is 4.79 Å². The second-order valence-corrected chi connectivity index (χ2v) is 9.95. The van der Waals surface area contributed by atoms with E-state index in [0.29, 0.717) is 12.0 Å². The van der Waals surface area contributed by atoms with E-state index in [-0.39, 0.29) is 0 Å². The number of unbranched alkanes of at least 4 members (excludes halogenated alkanes) is 5. The fourth-order valence-electron chi connectivity index (χ4n) is 6.83. The molecule has 2 aliphatic carbocycles. The molecule has 0 amide bonds. The predicted octanol–water partition coefficient (Wildman–Crippen LogP) is 5.86. The van der Waals surface area contributed by atoms with Crippen LogP contribution in [0.5, 0.6) is 0 Å². The number of hydrogen-bond donors (Lipinski definition) is 0. The molecule has 6 atom stereocenters. The lowest BCUT2D eigenvalue weighted by molar-refractivity contribution is -0.108. The lowest BCUT2D eigenvalue weighted by Gasteiger charge is -2.43. The average Bonchev–Trinajstić information content (AvgIpc) is 3.07. The number of hydrogen-bond acceptors (Lipinski definition) is 3. The highest BCUT2D eigenvalue weighted by Gasteiger charge is 2.46. The summed E-state index contributed by atoms with van der Waals surface area (Å²) in [5.74, 6) is 2.96. The molecule has 0 aromatic carbocycles. The van der Waals surface area contributed by atoms with Crippen LogP contribution in [0.15, 0.2) is 0 Å². The van der Waals surface area contributed by atoms with Crippen molar-refractivity contribution in [3.8, 4) is 0 Å². The van der Waals surface area contributed by atoms with Gasteiger partial charge in [-0.05, 0) is 68.7 Å². The van der Waals surface area contributed by atoms with Gasteiger partial charge in [0.15, 0.2) is 0 Å². The number of likely N-dealkylation sites (tertiary alicyclic amines) is 1. The molecule has 3 nitrogen and oxygen atoms in total. The molecule has 28 heavy (non-hydrogen) atoms. The van der Waals surface area contributed by atoms with Gasteiger partial charge in [-0.3, -0.25) is 4.90 Å². The maximum atomic E-state index is 11.3. The van der Waals surface area contributed by atoms with Crippen LogP contribution < -0.4 is 0 Å². The number of fused-ring (bicyclic) bond motifs is 1. The summed E-state index contributed by atoms with van der Waals surface area (Å²) in [4.78, 5) is 14.1. The van der Waals surface area contributed by atoms with Gasteiger partial charge < -0.3 is 9.53 Å². The normalized spacial score (nSPS) is 36.4. The summed E-state index contributed by atoms with van der Waals surface area (Å²) in [5, 5.41) is 0. The molecule has 0 aromatic heterocycles. The maximum absolute atomic E-state index is 11.3. The van der Waals surface area contributed by atoms with Crippen LogP contribution in [-0.2, 0) is 9.53 Å². The molecule has 6 unspecified atom stereocenters. The van der Waals surface area contributed by atoms with Gasteiger partial charge in [0.2, 0.25) is 0 Å². The van der Waals surface area contributed by atoms with Gasteiger partial charge in [0, 0.05) is 26.1 Å². The molecule has 0 spiro atoms. The van der Waals surface area contributed by atoms with Crippen LogP contribution >= 0.6 is 0 Å². The van der Waals surface area contributed by atoms with Gasteiger partial charge in [0.05, 0.1) is 6.10 Å². The molecule has 0 radical (unpaired) electrons. The Hall–Kier alpha value is -0.410. The van der Waals surface area contributed by atoms with E-state index < -0.39 is 0 Å². The van der Waals surface area contributed by atoms with Gasteiger partial charge in [0.1, 0.15) is 6.29 Å². The van der Waals surface area contributed by atoms with Gasteiger partial charge in [-0.1, -0.05) is 51.9 Å². The summed E-state index contributed by atoms with van der Waals surface area (Å²) in [7, 11) is 1.92. The van der Waals surface area contributed by atoms with Crippen molar-refractivity contribution in [1.82, 2.24) is 4.90 Å². The summed E-state index contributed by atoms with van der Waals surface area (Å²) >= 11 is 0. The highest BCUT2D eigenvalue weighted by molar-refractivity contribution is 5.50. The smallest absolute Gasteiger partial charge is 0.120 e. The minimum atomic E-state index is 0.487. The zero-order valence-electron chi connectivity index (χ0n) is 18.6. The molecular weight excluding hydrogens is 346 g/mol. The number of ether oxygens (including phenoxy) is 1. The van der Waals surface area contributed by atoms with Crippen LogP contribution in [0.25, 0.3) is 0 Å². The van der Waals surface area contributed by atoms with Crippen molar-refractivity contribution in [1.29, 1.82) is 0 Å². The molecule has 162 valence electrons. The molecule has 2 saturated carbocycles. The number of carbonyl (C=O) groups excluding carboxylic acids is 1. The van der Waals surface area contributed by atoms with Crippen LogP contribution in [0.2, 0.25) is 0 Å². The van der Waals surface area contributed by atoms with Crippen molar-refractivity contribution in [3.63, 3.8) is 0 Å². The van der Waals surface area contributed by atoms with Crippen molar-refractivity contribution < 1.29 is 9.53 Å². The summed E-state index contributed by atoms with van der Waals surface area (Å²) in [6.07, 6.45) is 20.1. The molecule has 3 rings (SSSR count). The Morgan fingerprint density at radius 2 is 1.75 bits per heavy atom. The molecule has 0 bridgehead atoms. The number of rotatable bonds is 11. The first-order chi connectivity index (χ1) is 13.8. The largest absolute Gasteiger partial charge is 0.381 e. The second kappa shape index (κ2) is 11.7. The Kier molecular flexibility index (Phi) is 9.30. The Balaban J connectivity index is 1.53. The van der Waals surface area contributed by atoms with E-state index in [2.05, 4.69) is 11.8 Å². The number of methoxy groups -OCH3 is 1. The summed E-state index contributed by atoms with van der Waals surface area (Å²) in [5.41, 5.74) is 0. The summed E-state index contributed by atoms with van der Waals surface area (Å²) < 4.78 is 5.89. The van der Waals surface area contributed by atoms with E-state index in [1.807, 2.05) is 7.11 Å². The summed E-state index contributed by atoms with van der Waals surface area (Å²) in [6.45, 7) is 4.72. The van der Waals surface area contributed by atoms with E-state index in [0.717, 1.165) is 30.2 Å². The second-order valence-electron chi connectivity index (χ2n) is 9.95. The van der Waals surface area contributed by atoms with Crippen molar-refractivity contribution in [2.24, 2.45) is 23.7 Å². The summed E-state index contributed by atoms with van der Waals surface area (Å²) in [6, 6.07) is 0.751. The van der Waals surface area contributed by atoms with E-state index in [4.69, 9.17) is 4.74 Å². The molecule has 0 aromatic rings. The minimum Gasteiger partial charge on any atom is -0.381 e. The van der Waals surface area contributed by atoms with Gasteiger partial charge in [-0.2, -0.15) is 0 Å². The van der Waals surface area contributed by atoms with Crippen LogP contribution in [0.1, 0.15) is 96.8 Å². The fourth-order valence-corrected chi connectivity index (χ4v) is 6.83. The Morgan fingerprint density at radius 1 is 0.964 bits per heavy atom. The molecule has 3 fully saturated rings. The van der Waals surface area contributed by atoms with E-state index in [1.54, 1.807) is 0 Å². The van der Waals surface area contributed by atoms with E-state index in [1.165, 1.54) is 103 Å². The molecule has 1 aliphatic heterocycles. The van der Waals surface area contributed by atoms with E-state index >= 15 is 0 Å². The van der Waals surface area contributed by atoms with Crippen LogP contribution in [0.3, 0.4) is 0 Å². The first kappa shape index (κ1) is 22.3. The zero-order chi connectivity index (χ0) is 19.8. The molecule has 3 aliphatic rings. The average molecular weight is 392 g/mol. The van der Waals surface area contributed by atoms with Crippen molar-refractivity contribution in [2.75, 3.05) is 20.2 Å². The Bertz CT molecular complexity index is 454. The third-order valence-electron chi connectivity index (χ3n) is 8.31. The third kappa shape index (κ3) is 5.59. The van der Waals surface area contributed by atoms with Crippen LogP contribution in [0.4, 0.5) is 0 Å². The monoisotopic (exact) mass is 391 g/mol. The van der Waals surface area contributed by atoms with Crippen LogP contribution in [0, 0.1) is 23.7 Å². The highest BCUT2D eigenvalue weighted by atomic mass is 16.5. The molecule has 1 saturated heterocycles. The number of carbonyl (C=O) groups is 1. The van der Waals surface area contributed by atoms with Crippen molar-refractivity contribution >= 4 is 6.29 Å². The predicted molar refractivity (Wildman–Crippen MR) is 116 cm³/mol. The van der Waals surface area contributed by atoms with Crippen LogP contribution in [-0.4, -0.2) is 43.5 Å². The molecule has 0 N–H and O–H groups in total. The van der Waals surface area contributed by atoms with Crippen molar-refractivity contribution in [2.45, 2.75) is 109 Å². The maximum Gasteiger partial charge on any atom is 0.120 e. The molecular formula is C25H45NO2. The minimum absolute atomic E-state index is 0.487. The quantitative estimate of drug-likeness (QED) is 0.326. The molecule has 3 heteroatoms. The first-order valence-corrected chi connectivity index (χ1v) is 12.5. The standard InChI is InChI=1S/C25H45NO2/c1-3-4-5-6-7-10-16-26-19-21(15-17-27)23-18-20(13-14-24(23)26)22-11-8-9-12-25(22)28-2/h17,20-25H,3-16,18-19H2,1-2H3. The fraction of sp³-hybridized carbons (Fsp3) is 0.960. The Labute approximate surface area is 174 Å². The van der Waals surface area contributed by atoms with Gasteiger partial charge in [-0.25, -0.2) is 0 Å². The SMILES string of the molecule is CCCCCCCCN1CC(CC=O)C2CC(C3CCCCC3OC)CCC21. The van der Waals surface area contributed by atoms with Gasteiger partial charge >= 0.3 is 0 Å². The van der Waals surface area contributed by atoms with Gasteiger partial charge in [0.25, 0.3) is 0 Å². The lowest BCUT2D eigenvalue weighted by atomic mass is 9.66. The number of nitrogens with zero attached hydrogens (tertiary/aromatic N) is 1. The lowest BCUT2D eigenvalue weighted by Crippen LogP contribution is -2.42.